The van der Waals surface area contributed by atoms with Gasteiger partial charge < -0.3 is 15.8 Å². The van der Waals surface area contributed by atoms with E-state index in [0.717, 1.165) is 12.2 Å². The first-order valence-corrected chi connectivity index (χ1v) is 7.10. The molecule has 0 aliphatic heterocycles. The highest BCUT2D eigenvalue weighted by Crippen LogP contribution is 2.26. The standard InChI is InChI=1S/C16H27N3O/c1-6-12(2)19-15(17)18-11-16(3,4)13-8-7-9-14(10-13)20-5/h7-10,12H,6,11H2,1-5H3,(H3,17,18,19). The second-order valence-corrected chi connectivity index (χ2v) is 5.77. The lowest BCUT2D eigenvalue weighted by Crippen LogP contribution is -2.39. The highest BCUT2D eigenvalue weighted by atomic mass is 16.5. The number of nitrogens with two attached hydrogens (primary N) is 1. The fourth-order valence-electron chi connectivity index (χ4n) is 1.82. The fourth-order valence-corrected chi connectivity index (χ4v) is 1.82. The summed E-state index contributed by atoms with van der Waals surface area (Å²) in [6.45, 7) is 9.15. The Morgan fingerprint density at radius 1 is 1.45 bits per heavy atom. The molecule has 1 atom stereocenters. The lowest BCUT2D eigenvalue weighted by Gasteiger charge is -2.24. The Labute approximate surface area is 122 Å². The quantitative estimate of drug-likeness (QED) is 0.621. The molecule has 0 amide bonds. The normalized spacial score (nSPS) is 13.9. The van der Waals surface area contributed by atoms with Gasteiger partial charge in [-0.15, -0.1) is 0 Å². The lowest BCUT2D eigenvalue weighted by atomic mass is 9.85. The van der Waals surface area contributed by atoms with E-state index in [2.05, 4.69) is 44.1 Å². The van der Waals surface area contributed by atoms with Gasteiger partial charge in [0.25, 0.3) is 0 Å². The van der Waals surface area contributed by atoms with Gasteiger partial charge in [-0.1, -0.05) is 32.9 Å². The van der Waals surface area contributed by atoms with E-state index >= 15 is 0 Å². The maximum absolute atomic E-state index is 5.91. The van der Waals surface area contributed by atoms with Crippen LogP contribution >= 0.6 is 0 Å². The van der Waals surface area contributed by atoms with Crippen LogP contribution in [0.15, 0.2) is 29.3 Å². The van der Waals surface area contributed by atoms with E-state index in [1.54, 1.807) is 7.11 Å². The number of hydrogen-bond donors (Lipinski definition) is 2. The number of benzene rings is 1. The number of hydrogen-bond acceptors (Lipinski definition) is 2. The molecule has 0 saturated heterocycles. The van der Waals surface area contributed by atoms with Crippen molar-refractivity contribution < 1.29 is 4.74 Å². The van der Waals surface area contributed by atoms with E-state index in [-0.39, 0.29) is 5.41 Å². The molecular formula is C16H27N3O. The minimum Gasteiger partial charge on any atom is -0.497 e. The molecule has 20 heavy (non-hydrogen) atoms. The Morgan fingerprint density at radius 3 is 2.75 bits per heavy atom. The van der Waals surface area contributed by atoms with Crippen molar-refractivity contribution in [3.05, 3.63) is 29.8 Å². The number of guanidine groups is 1. The van der Waals surface area contributed by atoms with Gasteiger partial charge in [0.1, 0.15) is 5.75 Å². The Kier molecular flexibility index (Phi) is 5.86. The van der Waals surface area contributed by atoms with Crippen LogP contribution in [0.3, 0.4) is 0 Å². The molecular weight excluding hydrogens is 250 g/mol. The molecule has 0 saturated carbocycles. The van der Waals surface area contributed by atoms with Crippen molar-refractivity contribution in [3.63, 3.8) is 0 Å². The zero-order valence-electron chi connectivity index (χ0n) is 13.2. The molecule has 1 aromatic rings. The fraction of sp³-hybridized carbons (Fsp3) is 0.562. The third-order valence-corrected chi connectivity index (χ3v) is 3.50. The Morgan fingerprint density at radius 2 is 2.15 bits per heavy atom. The molecule has 3 N–H and O–H groups in total. The summed E-state index contributed by atoms with van der Waals surface area (Å²) in [6, 6.07) is 8.44. The van der Waals surface area contributed by atoms with Gasteiger partial charge in [-0.25, -0.2) is 0 Å². The third kappa shape index (κ3) is 4.76. The molecule has 1 unspecified atom stereocenters. The van der Waals surface area contributed by atoms with Gasteiger partial charge in [0.2, 0.25) is 0 Å². The molecule has 0 fully saturated rings. The van der Waals surface area contributed by atoms with Crippen molar-refractivity contribution in [1.29, 1.82) is 0 Å². The summed E-state index contributed by atoms with van der Waals surface area (Å²) in [4.78, 5) is 4.46. The van der Waals surface area contributed by atoms with E-state index in [1.165, 1.54) is 5.56 Å². The summed E-state index contributed by atoms with van der Waals surface area (Å²) in [6.07, 6.45) is 1.02. The van der Waals surface area contributed by atoms with Gasteiger partial charge in [0.05, 0.1) is 13.7 Å². The van der Waals surface area contributed by atoms with Crippen molar-refractivity contribution in [2.45, 2.75) is 45.6 Å². The van der Waals surface area contributed by atoms with Crippen LogP contribution in [0.25, 0.3) is 0 Å². The van der Waals surface area contributed by atoms with E-state index in [0.29, 0.717) is 18.5 Å². The maximum atomic E-state index is 5.91. The predicted molar refractivity (Wildman–Crippen MR) is 85.4 cm³/mol. The second kappa shape index (κ2) is 7.17. The zero-order valence-corrected chi connectivity index (χ0v) is 13.2. The molecule has 0 radical (unpaired) electrons. The van der Waals surface area contributed by atoms with Crippen LogP contribution < -0.4 is 15.8 Å². The minimum absolute atomic E-state index is 0.0870. The molecule has 1 rings (SSSR count). The number of methoxy groups -OCH3 is 1. The van der Waals surface area contributed by atoms with Gasteiger partial charge in [-0.05, 0) is 31.0 Å². The monoisotopic (exact) mass is 277 g/mol. The molecule has 0 aromatic heterocycles. The summed E-state index contributed by atoms with van der Waals surface area (Å²) in [7, 11) is 1.68. The highest BCUT2D eigenvalue weighted by molar-refractivity contribution is 5.78. The topological polar surface area (TPSA) is 59.6 Å². The average molecular weight is 277 g/mol. The van der Waals surface area contributed by atoms with Crippen molar-refractivity contribution >= 4 is 5.96 Å². The molecule has 0 heterocycles. The molecule has 0 bridgehead atoms. The van der Waals surface area contributed by atoms with E-state index < -0.39 is 0 Å². The van der Waals surface area contributed by atoms with Crippen molar-refractivity contribution in [1.82, 2.24) is 5.32 Å². The van der Waals surface area contributed by atoms with E-state index in [9.17, 15) is 0 Å². The maximum Gasteiger partial charge on any atom is 0.188 e. The van der Waals surface area contributed by atoms with Gasteiger partial charge in [0.15, 0.2) is 5.96 Å². The number of nitrogens with zero attached hydrogens (tertiary/aromatic N) is 1. The summed E-state index contributed by atoms with van der Waals surface area (Å²) < 4.78 is 5.27. The van der Waals surface area contributed by atoms with Crippen molar-refractivity contribution in [3.8, 4) is 5.75 Å². The summed E-state index contributed by atoms with van der Waals surface area (Å²) in [5.41, 5.74) is 7.01. The molecule has 4 nitrogen and oxygen atoms in total. The first-order chi connectivity index (χ1) is 9.39. The SMILES string of the molecule is CCC(C)NC(N)=NCC(C)(C)c1cccc(OC)c1. The minimum atomic E-state index is -0.0870. The number of aliphatic imine (C=N–C) groups is 1. The van der Waals surface area contributed by atoms with Crippen LogP contribution in [-0.2, 0) is 5.41 Å². The Balaban J connectivity index is 2.75. The largest absolute Gasteiger partial charge is 0.497 e. The zero-order chi connectivity index (χ0) is 15.2. The summed E-state index contributed by atoms with van der Waals surface area (Å²) >= 11 is 0. The molecule has 4 heteroatoms. The summed E-state index contributed by atoms with van der Waals surface area (Å²) in [5.74, 6) is 1.38. The smallest absolute Gasteiger partial charge is 0.188 e. The third-order valence-electron chi connectivity index (χ3n) is 3.50. The van der Waals surface area contributed by atoms with Crippen molar-refractivity contribution in [2.24, 2.45) is 10.7 Å². The molecule has 0 aliphatic rings. The van der Waals surface area contributed by atoms with Gasteiger partial charge in [-0.3, -0.25) is 4.99 Å². The average Bonchev–Trinajstić information content (AvgIpc) is 2.45. The highest BCUT2D eigenvalue weighted by Gasteiger charge is 2.20. The van der Waals surface area contributed by atoms with Crippen LogP contribution in [0.5, 0.6) is 5.75 Å². The van der Waals surface area contributed by atoms with E-state index in [1.807, 2.05) is 18.2 Å². The molecule has 112 valence electrons. The van der Waals surface area contributed by atoms with Crippen LogP contribution in [0.2, 0.25) is 0 Å². The first kappa shape index (κ1) is 16.3. The number of ether oxygens (including phenoxy) is 1. The lowest BCUT2D eigenvalue weighted by molar-refractivity contribution is 0.412. The van der Waals surface area contributed by atoms with Crippen molar-refractivity contribution in [2.75, 3.05) is 13.7 Å². The van der Waals surface area contributed by atoms with Gasteiger partial charge in [0, 0.05) is 11.5 Å². The first-order valence-electron chi connectivity index (χ1n) is 7.10. The number of nitrogens with one attached hydrogen (secondary N) is 1. The molecule has 1 aromatic carbocycles. The van der Waals surface area contributed by atoms with Crippen LogP contribution in [0, 0.1) is 0 Å². The van der Waals surface area contributed by atoms with Crippen LogP contribution in [0.1, 0.15) is 39.7 Å². The Bertz CT molecular complexity index is 455. The van der Waals surface area contributed by atoms with E-state index in [4.69, 9.17) is 10.5 Å². The molecule has 0 spiro atoms. The number of rotatable bonds is 6. The van der Waals surface area contributed by atoms with Crippen LogP contribution in [0.4, 0.5) is 0 Å². The van der Waals surface area contributed by atoms with Gasteiger partial charge >= 0.3 is 0 Å². The Hall–Kier alpha value is -1.71. The molecule has 0 aliphatic carbocycles. The summed E-state index contributed by atoms with van der Waals surface area (Å²) in [5, 5.41) is 3.18. The second-order valence-electron chi connectivity index (χ2n) is 5.77. The van der Waals surface area contributed by atoms with Gasteiger partial charge in [-0.2, -0.15) is 0 Å². The van der Waals surface area contributed by atoms with Crippen LogP contribution in [-0.4, -0.2) is 25.7 Å². The predicted octanol–water partition coefficient (Wildman–Crippen LogP) is 2.68.